The lowest BCUT2D eigenvalue weighted by molar-refractivity contribution is 0.0154. The van der Waals surface area contributed by atoms with Crippen molar-refractivity contribution in [3.63, 3.8) is 0 Å². The van der Waals surface area contributed by atoms with Gasteiger partial charge < -0.3 is 15.4 Å². The van der Waals surface area contributed by atoms with Crippen molar-refractivity contribution in [3.05, 3.63) is 30.1 Å². The molecule has 1 aromatic carbocycles. The molecule has 8 heteroatoms. The molecule has 3 fully saturated rings. The lowest BCUT2D eigenvalue weighted by atomic mass is 10.1. The van der Waals surface area contributed by atoms with E-state index in [1.807, 2.05) is 6.92 Å². The fourth-order valence-electron chi connectivity index (χ4n) is 3.48. The Balaban J connectivity index is 0.00000261. The van der Waals surface area contributed by atoms with Gasteiger partial charge in [0.05, 0.1) is 6.54 Å². The maximum atomic E-state index is 13.0. The molecule has 2 N–H and O–H groups in total. The normalized spacial score (nSPS) is 25.4. The summed E-state index contributed by atoms with van der Waals surface area (Å²) in [7, 11) is 0. The summed E-state index contributed by atoms with van der Waals surface area (Å²) in [4.78, 5) is 9.74. The van der Waals surface area contributed by atoms with Gasteiger partial charge in [-0.15, -0.1) is 24.0 Å². The number of fused-ring (bicyclic) bond motifs is 3. The minimum atomic E-state index is -0.259. The Hall–Kier alpha value is -1.13. The smallest absolute Gasteiger partial charge is 0.191 e. The van der Waals surface area contributed by atoms with Gasteiger partial charge in [0.1, 0.15) is 17.7 Å². The van der Waals surface area contributed by atoms with E-state index < -0.39 is 0 Å². The lowest BCUT2D eigenvalue weighted by Gasteiger charge is -2.47. The van der Waals surface area contributed by atoms with Crippen molar-refractivity contribution in [2.75, 3.05) is 52.4 Å². The Morgan fingerprint density at radius 3 is 2.52 bits per heavy atom. The number of ether oxygens (including phenoxy) is 1. The molecule has 3 saturated heterocycles. The number of halogens is 2. The molecule has 0 saturated carbocycles. The highest BCUT2D eigenvalue weighted by atomic mass is 127. The largest absolute Gasteiger partial charge is 0.489 e. The van der Waals surface area contributed by atoms with Gasteiger partial charge in [-0.3, -0.25) is 9.80 Å². The third-order valence-electron chi connectivity index (χ3n) is 4.90. The Morgan fingerprint density at radius 2 is 1.93 bits per heavy atom. The summed E-state index contributed by atoms with van der Waals surface area (Å²) in [5.41, 5.74) is 0. The van der Waals surface area contributed by atoms with Gasteiger partial charge in [-0.25, -0.2) is 9.38 Å². The minimum absolute atomic E-state index is 0. The molecule has 2 unspecified atom stereocenters. The number of rotatable bonds is 7. The van der Waals surface area contributed by atoms with E-state index in [0.717, 1.165) is 25.6 Å². The Labute approximate surface area is 178 Å². The number of guanidine groups is 1. The van der Waals surface area contributed by atoms with Crippen LogP contribution in [0, 0.1) is 5.82 Å². The first-order chi connectivity index (χ1) is 12.6. The molecular formula is C19H31FIN5O. The predicted octanol–water partition coefficient (Wildman–Crippen LogP) is 1.77. The second kappa shape index (κ2) is 11.0. The van der Waals surface area contributed by atoms with Crippen molar-refractivity contribution in [2.24, 2.45) is 4.99 Å². The topological polar surface area (TPSA) is 52.1 Å². The van der Waals surface area contributed by atoms with Crippen molar-refractivity contribution < 1.29 is 9.13 Å². The van der Waals surface area contributed by atoms with Crippen LogP contribution in [0.1, 0.15) is 13.8 Å². The summed E-state index contributed by atoms with van der Waals surface area (Å²) in [6, 6.07) is 6.64. The summed E-state index contributed by atoms with van der Waals surface area (Å²) >= 11 is 0. The molecule has 27 heavy (non-hydrogen) atoms. The minimum Gasteiger partial charge on any atom is -0.489 e. The SMILES string of the molecule is CCNC(=NCC(C)Oc1ccc(F)cc1)NCC1CN2CCN1CC2.I. The number of piperazine rings is 3. The van der Waals surface area contributed by atoms with Crippen molar-refractivity contribution in [2.45, 2.75) is 26.0 Å². The maximum Gasteiger partial charge on any atom is 0.191 e. The number of hydrogen-bond acceptors (Lipinski definition) is 4. The maximum absolute atomic E-state index is 13.0. The van der Waals surface area contributed by atoms with Gasteiger partial charge in [-0.05, 0) is 38.1 Å². The van der Waals surface area contributed by atoms with Crippen LogP contribution in [-0.4, -0.2) is 80.3 Å². The van der Waals surface area contributed by atoms with E-state index in [1.165, 1.54) is 38.3 Å². The van der Waals surface area contributed by atoms with Crippen LogP contribution in [-0.2, 0) is 0 Å². The van der Waals surface area contributed by atoms with Crippen molar-refractivity contribution in [3.8, 4) is 5.75 Å². The zero-order valence-corrected chi connectivity index (χ0v) is 18.5. The first-order valence-corrected chi connectivity index (χ1v) is 9.55. The average Bonchev–Trinajstić information content (AvgIpc) is 2.67. The molecule has 0 radical (unpaired) electrons. The second-order valence-corrected chi connectivity index (χ2v) is 6.97. The van der Waals surface area contributed by atoms with Gasteiger partial charge in [0.2, 0.25) is 0 Å². The molecule has 0 aliphatic carbocycles. The zero-order valence-electron chi connectivity index (χ0n) is 16.2. The van der Waals surface area contributed by atoms with E-state index in [-0.39, 0.29) is 35.9 Å². The Kier molecular flexibility index (Phi) is 9.04. The predicted molar refractivity (Wildman–Crippen MR) is 118 cm³/mol. The van der Waals surface area contributed by atoms with Crippen LogP contribution in [0.3, 0.4) is 0 Å². The molecule has 0 amide bonds. The number of nitrogens with one attached hydrogen (secondary N) is 2. The molecule has 4 rings (SSSR count). The van der Waals surface area contributed by atoms with Gasteiger partial charge in [0.25, 0.3) is 0 Å². The fraction of sp³-hybridized carbons (Fsp3) is 0.632. The van der Waals surface area contributed by atoms with Gasteiger partial charge in [-0.2, -0.15) is 0 Å². The van der Waals surface area contributed by atoms with Gasteiger partial charge in [-0.1, -0.05) is 0 Å². The molecule has 2 bridgehead atoms. The number of nitrogens with zero attached hydrogens (tertiary/aromatic N) is 3. The van der Waals surface area contributed by atoms with Crippen LogP contribution in [0.2, 0.25) is 0 Å². The van der Waals surface area contributed by atoms with E-state index in [9.17, 15) is 4.39 Å². The first kappa shape index (κ1) is 22.2. The lowest BCUT2D eigenvalue weighted by Crippen LogP contribution is -2.63. The molecule has 3 aliphatic rings. The van der Waals surface area contributed by atoms with Gasteiger partial charge >= 0.3 is 0 Å². The fourth-order valence-corrected chi connectivity index (χ4v) is 3.48. The molecule has 152 valence electrons. The van der Waals surface area contributed by atoms with Gasteiger partial charge in [0.15, 0.2) is 5.96 Å². The van der Waals surface area contributed by atoms with E-state index in [2.05, 4.69) is 32.3 Å². The quantitative estimate of drug-likeness (QED) is 0.346. The highest BCUT2D eigenvalue weighted by molar-refractivity contribution is 14.0. The van der Waals surface area contributed by atoms with Crippen molar-refractivity contribution >= 4 is 29.9 Å². The van der Waals surface area contributed by atoms with Gasteiger partial charge in [0, 0.05) is 51.9 Å². The van der Waals surface area contributed by atoms with Crippen LogP contribution in [0.25, 0.3) is 0 Å². The number of aliphatic imine (C=N–C) groups is 1. The van der Waals surface area contributed by atoms with Crippen LogP contribution < -0.4 is 15.4 Å². The molecule has 6 nitrogen and oxygen atoms in total. The van der Waals surface area contributed by atoms with E-state index in [4.69, 9.17) is 4.74 Å². The number of hydrogen-bond donors (Lipinski definition) is 2. The highest BCUT2D eigenvalue weighted by Gasteiger charge is 2.31. The van der Waals surface area contributed by atoms with E-state index >= 15 is 0 Å². The second-order valence-electron chi connectivity index (χ2n) is 6.97. The van der Waals surface area contributed by atoms with Crippen LogP contribution in [0.4, 0.5) is 4.39 Å². The molecule has 1 aromatic rings. The number of benzene rings is 1. The molecular weight excluding hydrogens is 460 g/mol. The summed E-state index contributed by atoms with van der Waals surface area (Å²) < 4.78 is 18.7. The molecule has 3 aliphatic heterocycles. The zero-order chi connectivity index (χ0) is 18.4. The molecule has 0 aromatic heterocycles. The molecule has 2 atom stereocenters. The molecule has 0 spiro atoms. The van der Waals surface area contributed by atoms with Crippen LogP contribution in [0.15, 0.2) is 29.3 Å². The standard InChI is InChI=1S/C19H30FN5O.HI/c1-3-21-19(23-13-17-14-24-8-10-25(17)11-9-24)22-12-15(2)26-18-6-4-16(20)5-7-18;/h4-7,15,17H,3,8-14H2,1-2H3,(H2,21,22,23);1H. The monoisotopic (exact) mass is 491 g/mol. The summed E-state index contributed by atoms with van der Waals surface area (Å²) in [5, 5.41) is 6.76. The average molecular weight is 491 g/mol. The van der Waals surface area contributed by atoms with E-state index in [0.29, 0.717) is 18.3 Å². The Morgan fingerprint density at radius 1 is 1.22 bits per heavy atom. The molecule has 3 heterocycles. The third kappa shape index (κ3) is 6.76. The first-order valence-electron chi connectivity index (χ1n) is 9.55. The summed E-state index contributed by atoms with van der Waals surface area (Å²) in [6.07, 6.45) is -0.0866. The van der Waals surface area contributed by atoms with Crippen LogP contribution in [0.5, 0.6) is 5.75 Å². The third-order valence-corrected chi connectivity index (χ3v) is 4.90. The van der Waals surface area contributed by atoms with E-state index in [1.54, 1.807) is 12.1 Å². The summed E-state index contributed by atoms with van der Waals surface area (Å²) in [5.74, 6) is 1.22. The van der Waals surface area contributed by atoms with Crippen molar-refractivity contribution in [1.29, 1.82) is 0 Å². The van der Waals surface area contributed by atoms with Crippen molar-refractivity contribution in [1.82, 2.24) is 20.4 Å². The summed E-state index contributed by atoms with van der Waals surface area (Å²) in [6.45, 7) is 12.2. The van der Waals surface area contributed by atoms with Crippen LogP contribution >= 0.6 is 24.0 Å². The Bertz CT molecular complexity index is 592. The highest BCUT2D eigenvalue weighted by Crippen LogP contribution is 2.15.